The Hall–Kier alpha value is -0.120. The maximum absolute atomic E-state index is 10.1. The Balaban J connectivity index is 2.04. The van der Waals surface area contributed by atoms with E-state index in [2.05, 4.69) is 20.8 Å². The van der Waals surface area contributed by atoms with Gasteiger partial charge in [-0.05, 0) is 11.8 Å². The van der Waals surface area contributed by atoms with Crippen LogP contribution in [0, 0.1) is 16.7 Å². The van der Waals surface area contributed by atoms with Crippen LogP contribution in [-0.2, 0) is 9.47 Å². The van der Waals surface area contributed by atoms with Gasteiger partial charge >= 0.3 is 0 Å². The highest BCUT2D eigenvalue weighted by Crippen LogP contribution is 2.70. The van der Waals surface area contributed by atoms with Crippen LogP contribution < -0.4 is 0 Å². The first kappa shape index (κ1) is 10.1. The van der Waals surface area contributed by atoms with Crippen LogP contribution in [0.25, 0.3) is 0 Å². The Morgan fingerprint density at radius 2 is 1.73 bits per heavy atom. The minimum atomic E-state index is -0.377. The van der Waals surface area contributed by atoms with E-state index >= 15 is 0 Å². The van der Waals surface area contributed by atoms with Gasteiger partial charge in [-0.2, -0.15) is 0 Å². The monoisotopic (exact) mass is 212 g/mol. The van der Waals surface area contributed by atoms with Gasteiger partial charge in [-0.3, -0.25) is 0 Å². The Labute approximate surface area is 90.8 Å². The molecule has 3 fully saturated rings. The third-order valence-corrected chi connectivity index (χ3v) is 5.46. The zero-order valence-electron chi connectivity index (χ0n) is 9.75. The molecule has 1 spiro atoms. The van der Waals surface area contributed by atoms with Crippen LogP contribution in [0.4, 0.5) is 0 Å². The quantitative estimate of drug-likeness (QED) is 0.662. The zero-order valence-corrected chi connectivity index (χ0v) is 9.75. The number of ether oxygens (including phenoxy) is 2. The fraction of sp³-hybridized carbons (Fsp3) is 1.00. The van der Waals surface area contributed by atoms with Gasteiger partial charge in [0, 0.05) is 17.8 Å². The fourth-order valence-electron chi connectivity index (χ4n) is 4.09. The van der Waals surface area contributed by atoms with Crippen molar-refractivity contribution in [2.75, 3.05) is 13.2 Å². The van der Waals surface area contributed by atoms with Crippen LogP contribution in [0.5, 0.6) is 0 Å². The third-order valence-electron chi connectivity index (χ3n) is 5.46. The lowest BCUT2D eigenvalue weighted by atomic mass is 9.70. The van der Waals surface area contributed by atoms with E-state index in [0.29, 0.717) is 19.1 Å². The highest BCUT2D eigenvalue weighted by Gasteiger charge is 2.73. The van der Waals surface area contributed by atoms with E-state index in [9.17, 15) is 5.11 Å². The van der Waals surface area contributed by atoms with Crippen LogP contribution >= 0.6 is 0 Å². The van der Waals surface area contributed by atoms with Crippen LogP contribution in [0.15, 0.2) is 0 Å². The summed E-state index contributed by atoms with van der Waals surface area (Å²) in [5, 5.41) is 10.1. The molecule has 3 heteroatoms. The van der Waals surface area contributed by atoms with Gasteiger partial charge in [0.25, 0.3) is 0 Å². The Bertz CT molecular complexity index is 293. The lowest BCUT2D eigenvalue weighted by Crippen LogP contribution is -2.42. The maximum atomic E-state index is 10.1. The minimum Gasteiger partial charge on any atom is -0.393 e. The van der Waals surface area contributed by atoms with Crippen molar-refractivity contribution >= 4 is 0 Å². The second-order valence-corrected chi connectivity index (χ2v) is 6.13. The predicted octanol–water partition coefficient (Wildman–Crippen LogP) is 1.55. The molecule has 1 aliphatic heterocycles. The summed E-state index contributed by atoms with van der Waals surface area (Å²) >= 11 is 0. The van der Waals surface area contributed by atoms with E-state index in [1.54, 1.807) is 0 Å². The molecule has 0 aromatic carbocycles. The molecule has 1 heterocycles. The van der Waals surface area contributed by atoms with Gasteiger partial charge in [0.2, 0.25) is 0 Å². The van der Waals surface area contributed by atoms with Crippen LogP contribution in [0.1, 0.15) is 33.6 Å². The molecule has 0 aromatic rings. The van der Waals surface area contributed by atoms with Crippen molar-refractivity contribution in [1.82, 2.24) is 0 Å². The van der Waals surface area contributed by atoms with Crippen molar-refractivity contribution < 1.29 is 14.6 Å². The predicted molar refractivity (Wildman–Crippen MR) is 55.3 cm³/mol. The molecule has 0 radical (unpaired) electrons. The van der Waals surface area contributed by atoms with Crippen molar-refractivity contribution in [3.63, 3.8) is 0 Å². The first-order chi connectivity index (χ1) is 6.92. The first-order valence-electron chi connectivity index (χ1n) is 5.88. The largest absolute Gasteiger partial charge is 0.393 e. The number of fused-ring (bicyclic) bond motifs is 3. The summed E-state index contributed by atoms with van der Waals surface area (Å²) in [7, 11) is 0. The van der Waals surface area contributed by atoms with Gasteiger partial charge in [0.15, 0.2) is 5.79 Å². The number of rotatable bonds is 0. The summed E-state index contributed by atoms with van der Waals surface area (Å²) < 4.78 is 11.7. The number of hydrogen-bond donors (Lipinski definition) is 1. The van der Waals surface area contributed by atoms with Crippen molar-refractivity contribution in [2.24, 2.45) is 16.7 Å². The second-order valence-electron chi connectivity index (χ2n) is 6.13. The molecule has 1 saturated heterocycles. The summed E-state index contributed by atoms with van der Waals surface area (Å²) in [5.41, 5.74) is 0.0543. The lowest BCUT2D eigenvalue weighted by Gasteiger charge is -2.37. The Morgan fingerprint density at radius 3 is 2.13 bits per heavy atom. The zero-order chi connectivity index (χ0) is 10.9. The fourth-order valence-corrected chi connectivity index (χ4v) is 4.09. The van der Waals surface area contributed by atoms with E-state index in [0.717, 1.165) is 12.8 Å². The van der Waals surface area contributed by atoms with Gasteiger partial charge in [0.1, 0.15) is 0 Å². The molecule has 0 amide bonds. The SMILES string of the molecule is CC1(C)C2CC(O)C1(C)CC21OCCO1. The summed E-state index contributed by atoms with van der Waals surface area (Å²) in [6.07, 6.45) is 1.47. The number of aliphatic hydroxyl groups is 1. The molecule has 0 aromatic heterocycles. The van der Waals surface area contributed by atoms with Crippen molar-refractivity contribution in [3.8, 4) is 0 Å². The maximum Gasteiger partial charge on any atom is 0.172 e. The van der Waals surface area contributed by atoms with Gasteiger partial charge in [-0.15, -0.1) is 0 Å². The van der Waals surface area contributed by atoms with E-state index in [1.807, 2.05) is 0 Å². The molecular weight excluding hydrogens is 192 g/mol. The molecule has 3 rings (SSSR count). The molecule has 3 aliphatic rings. The molecule has 15 heavy (non-hydrogen) atoms. The van der Waals surface area contributed by atoms with Gasteiger partial charge in [0.05, 0.1) is 19.3 Å². The molecular formula is C12H20O3. The van der Waals surface area contributed by atoms with Crippen molar-refractivity contribution in [2.45, 2.75) is 45.5 Å². The van der Waals surface area contributed by atoms with E-state index in [-0.39, 0.29) is 22.7 Å². The normalized spacial score (nSPS) is 50.4. The third kappa shape index (κ3) is 0.931. The highest BCUT2D eigenvalue weighted by molar-refractivity contribution is 5.18. The van der Waals surface area contributed by atoms with Crippen LogP contribution in [0.3, 0.4) is 0 Å². The second kappa shape index (κ2) is 2.58. The minimum absolute atomic E-state index is 0.0536. The number of hydrogen-bond acceptors (Lipinski definition) is 3. The molecule has 2 bridgehead atoms. The summed E-state index contributed by atoms with van der Waals surface area (Å²) in [4.78, 5) is 0. The van der Waals surface area contributed by atoms with E-state index in [1.165, 1.54) is 0 Å². The molecule has 3 atom stereocenters. The standard InChI is InChI=1S/C12H20O3/c1-10(2)8-6-9(13)11(10,3)7-12(8)14-4-5-15-12/h8-9,13H,4-7H2,1-3H3. The van der Waals surface area contributed by atoms with Crippen molar-refractivity contribution in [3.05, 3.63) is 0 Å². The average molecular weight is 212 g/mol. The molecule has 86 valence electrons. The molecule has 1 N–H and O–H groups in total. The average Bonchev–Trinajstić information content (AvgIpc) is 2.70. The highest BCUT2D eigenvalue weighted by atomic mass is 16.7. The topological polar surface area (TPSA) is 38.7 Å². The van der Waals surface area contributed by atoms with Gasteiger partial charge in [-0.1, -0.05) is 20.8 Å². The van der Waals surface area contributed by atoms with Crippen LogP contribution in [0.2, 0.25) is 0 Å². The summed E-state index contributed by atoms with van der Waals surface area (Å²) in [6, 6.07) is 0. The van der Waals surface area contributed by atoms with E-state index < -0.39 is 0 Å². The molecule has 3 nitrogen and oxygen atoms in total. The van der Waals surface area contributed by atoms with Crippen molar-refractivity contribution in [1.29, 1.82) is 0 Å². The Morgan fingerprint density at radius 1 is 1.13 bits per heavy atom. The van der Waals surface area contributed by atoms with E-state index in [4.69, 9.17) is 9.47 Å². The number of aliphatic hydroxyl groups excluding tert-OH is 1. The van der Waals surface area contributed by atoms with Gasteiger partial charge < -0.3 is 14.6 Å². The molecule has 2 saturated carbocycles. The Kier molecular flexibility index (Phi) is 1.73. The van der Waals surface area contributed by atoms with Gasteiger partial charge in [-0.25, -0.2) is 0 Å². The smallest absolute Gasteiger partial charge is 0.172 e. The first-order valence-corrected chi connectivity index (χ1v) is 5.88. The summed E-state index contributed by atoms with van der Waals surface area (Å²) in [6.45, 7) is 8.08. The van der Waals surface area contributed by atoms with Crippen LogP contribution in [-0.4, -0.2) is 30.2 Å². The molecule has 3 unspecified atom stereocenters. The lowest BCUT2D eigenvalue weighted by molar-refractivity contribution is -0.208. The summed E-state index contributed by atoms with van der Waals surface area (Å²) in [5.74, 6) is -0.0372. The molecule has 2 aliphatic carbocycles.